The van der Waals surface area contributed by atoms with E-state index < -0.39 is 12.1 Å². The van der Waals surface area contributed by atoms with E-state index in [2.05, 4.69) is 31.3 Å². The molecular formula is C62H121NO5. The summed E-state index contributed by atoms with van der Waals surface area (Å²) in [5.41, 5.74) is 0. The van der Waals surface area contributed by atoms with Gasteiger partial charge in [-0.2, -0.15) is 0 Å². The molecule has 0 aromatic carbocycles. The molecule has 2 atom stereocenters. The molecule has 0 spiro atoms. The molecule has 0 aliphatic carbocycles. The van der Waals surface area contributed by atoms with Gasteiger partial charge in [0.1, 0.15) is 0 Å². The van der Waals surface area contributed by atoms with E-state index in [0.29, 0.717) is 25.9 Å². The van der Waals surface area contributed by atoms with E-state index >= 15 is 0 Å². The lowest BCUT2D eigenvalue weighted by atomic mass is 10.0. The van der Waals surface area contributed by atoms with Crippen molar-refractivity contribution in [3.63, 3.8) is 0 Å². The number of aliphatic hydroxyl groups excluding tert-OH is 2. The third-order valence-corrected chi connectivity index (χ3v) is 14.6. The minimum Gasteiger partial charge on any atom is -0.466 e. The average Bonchev–Trinajstić information content (AvgIpc) is 3.34. The summed E-state index contributed by atoms with van der Waals surface area (Å²) in [5.74, 6) is -0.0863. The largest absolute Gasteiger partial charge is 0.466 e. The Kier molecular flexibility index (Phi) is 57.0. The number of amides is 1. The van der Waals surface area contributed by atoms with Crippen molar-refractivity contribution in [2.75, 3.05) is 13.2 Å². The third kappa shape index (κ3) is 53.9. The predicted octanol–water partition coefficient (Wildman–Crippen LogP) is 19.2. The molecule has 0 rings (SSSR count). The summed E-state index contributed by atoms with van der Waals surface area (Å²) < 4.78 is 5.45. The molecule has 0 fully saturated rings. The number of unbranched alkanes of at least 4 members (excludes halogenated alkanes) is 45. The smallest absolute Gasteiger partial charge is 0.305 e. The van der Waals surface area contributed by atoms with Crippen LogP contribution in [0.1, 0.15) is 348 Å². The van der Waals surface area contributed by atoms with Crippen molar-refractivity contribution in [1.29, 1.82) is 0 Å². The molecule has 0 bridgehead atoms. The van der Waals surface area contributed by atoms with Crippen LogP contribution in [0.3, 0.4) is 0 Å². The zero-order chi connectivity index (χ0) is 49.3. The van der Waals surface area contributed by atoms with Crippen molar-refractivity contribution >= 4 is 11.9 Å². The molecule has 0 aromatic rings. The highest BCUT2D eigenvalue weighted by Crippen LogP contribution is 2.18. The van der Waals surface area contributed by atoms with Crippen LogP contribution in [0.15, 0.2) is 12.2 Å². The molecule has 0 heterocycles. The molecule has 0 aliphatic rings. The van der Waals surface area contributed by atoms with Gasteiger partial charge in [-0.05, 0) is 51.4 Å². The Morgan fingerprint density at radius 1 is 0.397 bits per heavy atom. The fourth-order valence-electron chi connectivity index (χ4n) is 9.81. The Labute approximate surface area is 425 Å². The number of esters is 1. The first-order valence-corrected chi connectivity index (χ1v) is 30.9. The van der Waals surface area contributed by atoms with E-state index in [1.165, 1.54) is 238 Å². The fraction of sp³-hybridized carbons (Fsp3) is 0.935. The van der Waals surface area contributed by atoms with Crippen LogP contribution >= 0.6 is 0 Å². The zero-order valence-electron chi connectivity index (χ0n) is 46.1. The quantitative estimate of drug-likeness (QED) is 0.0321. The molecule has 6 heteroatoms. The highest BCUT2D eigenvalue weighted by atomic mass is 16.5. The van der Waals surface area contributed by atoms with Gasteiger partial charge in [-0.3, -0.25) is 9.59 Å². The Bertz CT molecular complexity index is 1020. The van der Waals surface area contributed by atoms with Gasteiger partial charge in [0.15, 0.2) is 0 Å². The van der Waals surface area contributed by atoms with Crippen LogP contribution in [0, 0.1) is 0 Å². The monoisotopic (exact) mass is 960 g/mol. The second-order valence-corrected chi connectivity index (χ2v) is 21.4. The normalized spacial score (nSPS) is 12.6. The maximum Gasteiger partial charge on any atom is 0.305 e. The summed E-state index contributed by atoms with van der Waals surface area (Å²) in [7, 11) is 0. The Balaban J connectivity index is 3.47. The van der Waals surface area contributed by atoms with Gasteiger partial charge in [0.25, 0.3) is 0 Å². The zero-order valence-corrected chi connectivity index (χ0v) is 46.1. The van der Waals surface area contributed by atoms with Crippen molar-refractivity contribution < 1.29 is 24.5 Å². The fourth-order valence-corrected chi connectivity index (χ4v) is 9.81. The predicted molar refractivity (Wildman–Crippen MR) is 297 cm³/mol. The topological polar surface area (TPSA) is 95.9 Å². The maximum atomic E-state index is 12.5. The summed E-state index contributed by atoms with van der Waals surface area (Å²) >= 11 is 0. The lowest BCUT2D eigenvalue weighted by Crippen LogP contribution is -2.45. The van der Waals surface area contributed by atoms with E-state index in [-0.39, 0.29) is 18.5 Å². The van der Waals surface area contributed by atoms with E-state index in [1.807, 2.05) is 0 Å². The van der Waals surface area contributed by atoms with Crippen LogP contribution in [0.4, 0.5) is 0 Å². The number of rotatable bonds is 58. The molecule has 68 heavy (non-hydrogen) atoms. The highest BCUT2D eigenvalue weighted by molar-refractivity contribution is 5.76. The number of hydrogen-bond donors (Lipinski definition) is 3. The molecule has 404 valence electrons. The summed E-state index contributed by atoms with van der Waals surface area (Å²) in [6, 6.07) is -0.563. The van der Waals surface area contributed by atoms with Crippen LogP contribution in [-0.2, 0) is 14.3 Å². The van der Waals surface area contributed by atoms with Crippen molar-refractivity contribution in [3.8, 4) is 0 Å². The minimum absolute atomic E-state index is 0.0269. The number of carbonyl (C=O) groups is 2. The number of aliphatic hydroxyl groups is 2. The van der Waals surface area contributed by atoms with Crippen LogP contribution in [0.5, 0.6) is 0 Å². The molecule has 2 unspecified atom stereocenters. The second-order valence-electron chi connectivity index (χ2n) is 21.4. The first-order valence-electron chi connectivity index (χ1n) is 30.9. The van der Waals surface area contributed by atoms with Gasteiger partial charge >= 0.3 is 5.97 Å². The second kappa shape index (κ2) is 58.2. The molecule has 1 amide bonds. The molecule has 0 aromatic heterocycles. The first-order chi connectivity index (χ1) is 33.5. The van der Waals surface area contributed by atoms with Gasteiger partial charge < -0.3 is 20.3 Å². The third-order valence-electron chi connectivity index (χ3n) is 14.6. The number of allylic oxidation sites excluding steroid dienone is 2. The number of hydrogen-bond acceptors (Lipinski definition) is 5. The number of carbonyl (C=O) groups excluding carboxylic acids is 2. The Morgan fingerprint density at radius 3 is 1.04 bits per heavy atom. The van der Waals surface area contributed by atoms with Crippen LogP contribution in [0.25, 0.3) is 0 Å². The van der Waals surface area contributed by atoms with Crippen molar-refractivity contribution in [2.24, 2.45) is 0 Å². The number of nitrogens with one attached hydrogen (secondary N) is 1. The summed E-state index contributed by atoms with van der Waals surface area (Å²) in [5, 5.41) is 23.4. The molecule has 0 saturated carbocycles. The molecule has 3 N–H and O–H groups in total. The summed E-state index contributed by atoms with van der Waals surface area (Å²) in [6.07, 6.45) is 69.4. The van der Waals surface area contributed by atoms with Crippen molar-refractivity contribution in [3.05, 3.63) is 12.2 Å². The number of ether oxygens (including phenoxy) is 1. The van der Waals surface area contributed by atoms with Gasteiger partial charge in [-0.1, -0.05) is 296 Å². The van der Waals surface area contributed by atoms with Crippen LogP contribution in [0.2, 0.25) is 0 Å². The van der Waals surface area contributed by atoms with E-state index in [4.69, 9.17) is 4.74 Å². The SMILES string of the molecule is CCCCCCCCCCCCCCCCCCCCCCCCCCCC(O)C(CO)NC(=O)CCCCCCC/C=C\CCCCOC(=O)CCCCCCCCCCCCCCCCC. The summed E-state index contributed by atoms with van der Waals surface area (Å²) in [6.45, 7) is 4.91. The molecule has 0 aliphatic heterocycles. The van der Waals surface area contributed by atoms with E-state index in [0.717, 1.165) is 77.0 Å². The van der Waals surface area contributed by atoms with Gasteiger partial charge in [-0.25, -0.2) is 0 Å². The van der Waals surface area contributed by atoms with Gasteiger partial charge in [-0.15, -0.1) is 0 Å². The molecular weight excluding hydrogens is 839 g/mol. The van der Waals surface area contributed by atoms with E-state index in [1.54, 1.807) is 0 Å². The first kappa shape index (κ1) is 66.6. The standard InChI is InChI=1S/C62H121NO5/c1-3-5-7-9-11-13-15-17-19-20-21-22-23-24-25-26-27-28-30-31-34-38-42-46-50-54-60(65)59(58-64)63-61(66)55-51-47-43-39-35-33-37-41-45-49-53-57-68-62(67)56-52-48-44-40-36-32-29-18-16-14-12-10-8-6-4-2/h37,41,59-60,64-65H,3-36,38-40,42-58H2,1-2H3,(H,63,66)/b41-37-. The van der Waals surface area contributed by atoms with Crippen LogP contribution in [-0.4, -0.2) is 47.4 Å². The minimum atomic E-state index is -0.683. The maximum absolute atomic E-state index is 12.5. The van der Waals surface area contributed by atoms with Gasteiger partial charge in [0, 0.05) is 12.8 Å². The Morgan fingerprint density at radius 2 is 0.691 bits per heavy atom. The lowest BCUT2D eigenvalue weighted by Gasteiger charge is -2.22. The van der Waals surface area contributed by atoms with Crippen molar-refractivity contribution in [1.82, 2.24) is 5.32 Å². The summed E-state index contributed by atoms with van der Waals surface area (Å²) in [4.78, 5) is 24.6. The van der Waals surface area contributed by atoms with Crippen molar-refractivity contribution in [2.45, 2.75) is 360 Å². The lowest BCUT2D eigenvalue weighted by molar-refractivity contribution is -0.143. The highest BCUT2D eigenvalue weighted by Gasteiger charge is 2.20. The molecule has 0 saturated heterocycles. The van der Waals surface area contributed by atoms with Gasteiger partial charge in [0.2, 0.25) is 5.91 Å². The average molecular weight is 961 g/mol. The van der Waals surface area contributed by atoms with E-state index in [9.17, 15) is 19.8 Å². The molecule has 0 radical (unpaired) electrons. The molecule has 6 nitrogen and oxygen atoms in total. The Hall–Kier alpha value is -1.40. The van der Waals surface area contributed by atoms with Gasteiger partial charge in [0.05, 0.1) is 25.4 Å². The van der Waals surface area contributed by atoms with Crippen LogP contribution < -0.4 is 5.32 Å².